The van der Waals surface area contributed by atoms with Gasteiger partial charge < -0.3 is 0 Å². The third-order valence-electron chi connectivity index (χ3n) is 3.55. The Balaban J connectivity index is 1.85. The minimum atomic E-state index is -0.370. The number of carbonyl (C=O) groups excluding carboxylic acids is 2. The highest BCUT2D eigenvalue weighted by Gasteiger charge is 2.24. The molecule has 4 rings (SSSR count). The van der Waals surface area contributed by atoms with E-state index >= 15 is 0 Å². The molecule has 1 aliphatic rings. The largest absolute Gasteiger partial charge is 0.290 e. The lowest BCUT2D eigenvalue weighted by atomic mass is 10.0. The van der Waals surface area contributed by atoms with Gasteiger partial charge in [-0.2, -0.15) is 10.2 Å². The van der Waals surface area contributed by atoms with Crippen LogP contribution >= 0.6 is 11.8 Å². The highest BCUT2D eigenvalue weighted by Crippen LogP contribution is 2.29. The van der Waals surface area contributed by atoms with Crippen molar-refractivity contribution in [1.82, 2.24) is 20.5 Å². The highest BCUT2D eigenvalue weighted by atomic mass is 32.2. The summed E-state index contributed by atoms with van der Waals surface area (Å²) < 4.78 is 0. The Morgan fingerprint density at radius 1 is 1.08 bits per heavy atom. The maximum atomic E-state index is 11.7. The second-order valence-electron chi connectivity index (χ2n) is 5.10. The molecule has 7 heteroatoms. The SMILES string of the molecule is O=C1NC(=O)/C(=C/c2ccc3nccc(-c4cccnn4)c3c2)S1. The van der Waals surface area contributed by atoms with Gasteiger partial charge in [0.1, 0.15) is 0 Å². The first-order valence-corrected chi connectivity index (χ1v) is 7.94. The van der Waals surface area contributed by atoms with Crippen LogP contribution in [-0.2, 0) is 4.79 Å². The van der Waals surface area contributed by atoms with Crippen LogP contribution in [0.3, 0.4) is 0 Å². The van der Waals surface area contributed by atoms with E-state index in [4.69, 9.17) is 0 Å². The number of pyridine rings is 1. The van der Waals surface area contributed by atoms with E-state index < -0.39 is 0 Å². The van der Waals surface area contributed by atoms with E-state index in [2.05, 4.69) is 20.5 Å². The molecule has 24 heavy (non-hydrogen) atoms. The van der Waals surface area contributed by atoms with Gasteiger partial charge in [0.25, 0.3) is 11.1 Å². The van der Waals surface area contributed by atoms with E-state index in [-0.39, 0.29) is 11.1 Å². The van der Waals surface area contributed by atoms with E-state index in [0.29, 0.717) is 4.91 Å². The van der Waals surface area contributed by atoms with Crippen molar-refractivity contribution in [2.24, 2.45) is 0 Å². The van der Waals surface area contributed by atoms with Crippen LogP contribution < -0.4 is 5.32 Å². The Bertz CT molecular complexity index is 1000. The molecule has 0 spiro atoms. The van der Waals surface area contributed by atoms with Crippen LogP contribution in [0.25, 0.3) is 28.2 Å². The number of imide groups is 1. The van der Waals surface area contributed by atoms with E-state index in [1.807, 2.05) is 36.4 Å². The van der Waals surface area contributed by atoms with Gasteiger partial charge in [0, 0.05) is 23.3 Å². The van der Waals surface area contributed by atoms with Gasteiger partial charge in [0.2, 0.25) is 0 Å². The molecule has 0 saturated carbocycles. The number of nitrogens with zero attached hydrogens (tertiary/aromatic N) is 3. The number of hydrogen-bond donors (Lipinski definition) is 1. The summed E-state index contributed by atoms with van der Waals surface area (Å²) in [5.41, 5.74) is 3.29. The van der Waals surface area contributed by atoms with Gasteiger partial charge >= 0.3 is 0 Å². The monoisotopic (exact) mass is 334 g/mol. The zero-order chi connectivity index (χ0) is 16.5. The summed E-state index contributed by atoms with van der Waals surface area (Å²) in [6.45, 7) is 0. The maximum Gasteiger partial charge on any atom is 0.290 e. The van der Waals surface area contributed by atoms with Gasteiger partial charge in [-0.05, 0) is 53.7 Å². The van der Waals surface area contributed by atoms with Crippen molar-refractivity contribution >= 4 is 39.9 Å². The maximum absolute atomic E-state index is 11.7. The van der Waals surface area contributed by atoms with Crippen LogP contribution in [-0.4, -0.2) is 26.3 Å². The smallest absolute Gasteiger partial charge is 0.282 e. The Kier molecular flexibility index (Phi) is 3.55. The summed E-state index contributed by atoms with van der Waals surface area (Å²) in [7, 11) is 0. The molecule has 1 fully saturated rings. The van der Waals surface area contributed by atoms with Crippen LogP contribution in [0.5, 0.6) is 0 Å². The molecular weight excluding hydrogens is 324 g/mol. The van der Waals surface area contributed by atoms with Crippen molar-refractivity contribution in [2.75, 3.05) is 0 Å². The lowest BCUT2D eigenvalue weighted by Crippen LogP contribution is -2.17. The summed E-state index contributed by atoms with van der Waals surface area (Å²) in [6.07, 6.45) is 5.04. The van der Waals surface area contributed by atoms with E-state index in [1.54, 1.807) is 18.5 Å². The molecule has 2 amide bonds. The summed E-state index contributed by atoms with van der Waals surface area (Å²) in [4.78, 5) is 27.7. The van der Waals surface area contributed by atoms with Gasteiger partial charge in [0.05, 0.1) is 16.1 Å². The molecule has 6 nitrogen and oxygen atoms in total. The molecule has 116 valence electrons. The molecule has 0 bridgehead atoms. The topological polar surface area (TPSA) is 84.8 Å². The van der Waals surface area contributed by atoms with E-state index in [1.165, 1.54) is 0 Å². The van der Waals surface area contributed by atoms with Crippen LogP contribution in [0.4, 0.5) is 4.79 Å². The molecular formula is C17H10N4O2S. The quantitative estimate of drug-likeness (QED) is 0.725. The Labute approximate surface area is 141 Å². The van der Waals surface area contributed by atoms with Gasteiger partial charge in [0.15, 0.2) is 0 Å². The normalized spacial score (nSPS) is 15.9. The average molecular weight is 334 g/mol. The number of hydrogen-bond acceptors (Lipinski definition) is 6. The van der Waals surface area contributed by atoms with E-state index in [0.717, 1.165) is 39.5 Å². The molecule has 0 radical (unpaired) electrons. The fourth-order valence-electron chi connectivity index (χ4n) is 2.49. The molecule has 0 aliphatic carbocycles. The molecule has 1 aliphatic heterocycles. The molecule has 2 aromatic heterocycles. The number of aromatic nitrogens is 3. The van der Waals surface area contributed by atoms with Gasteiger partial charge in [-0.3, -0.25) is 19.9 Å². The third kappa shape index (κ3) is 2.65. The first-order valence-electron chi connectivity index (χ1n) is 7.12. The number of thioether (sulfide) groups is 1. The number of benzene rings is 1. The lowest BCUT2D eigenvalue weighted by Gasteiger charge is -2.06. The molecule has 1 aromatic carbocycles. The predicted molar refractivity (Wildman–Crippen MR) is 91.9 cm³/mol. The van der Waals surface area contributed by atoms with E-state index in [9.17, 15) is 9.59 Å². The number of amides is 2. The van der Waals surface area contributed by atoms with Crippen molar-refractivity contribution in [3.05, 3.63) is 59.3 Å². The van der Waals surface area contributed by atoms with Gasteiger partial charge in [-0.15, -0.1) is 0 Å². The summed E-state index contributed by atoms with van der Waals surface area (Å²) in [6, 6.07) is 11.2. The molecule has 3 aromatic rings. The number of fused-ring (bicyclic) bond motifs is 1. The summed E-state index contributed by atoms with van der Waals surface area (Å²) in [5, 5.41) is 10.9. The number of carbonyl (C=O) groups is 2. The Morgan fingerprint density at radius 2 is 2.00 bits per heavy atom. The third-order valence-corrected chi connectivity index (χ3v) is 4.36. The van der Waals surface area contributed by atoms with Crippen molar-refractivity contribution in [3.8, 4) is 11.3 Å². The van der Waals surface area contributed by atoms with Crippen molar-refractivity contribution in [2.45, 2.75) is 0 Å². The van der Waals surface area contributed by atoms with Crippen LogP contribution in [0, 0.1) is 0 Å². The summed E-state index contributed by atoms with van der Waals surface area (Å²) in [5.74, 6) is -0.370. The van der Waals surface area contributed by atoms with Crippen molar-refractivity contribution < 1.29 is 9.59 Å². The second kappa shape index (κ2) is 5.86. The van der Waals surface area contributed by atoms with Crippen LogP contribution in [0.2, 0.25) is 0 Å². The van der Waals surface area contributed by atoms with Crippen molar-refractivity contribution in [3.63, 3.8) is 0 Å². The predicted octanol–water partition coefficient (Wildman–Crippen LogP) is 3.02. The Hall–Kier alpha value is -3.06. The lowest BCUT2D eigenvalue weighted by molar-refractivity contribution is -0.115. The first kappa shape index (κ1) is 14.5. The molecule has 1 saturated heterocycles. The van der Waals surface area contributed by atoms with Crippen LogP contribution in [0.15, 0.2) is 53.7 Å². The van der Waals surface area contributed by atoms with Crippen molar-refractivity contribution in [1.29, 1.82) is 0 Å². The van der Waals surface area contributed by atoms with Crippen LogP contribution in [0.1, 0.15) is 5.56 Å². The number of rotatable bonds is 2. The zero-order valence-electron chi connectivity index (χ0n) is 12.3. The Morgan fingerprint density at radius 3 is 2.75 bits per heavy atom. The standard InChI is InChI=1S/C17H10N4O2S/c22-16-15(24-17(23)20-16)9-10-3-4-13-12(8-10)11(5-7-18-13)14-2-1-6-19-21-14/h1-9H,(H,20,22,23)/b15-9-. The highest BCUT2D eigenvalue weighted by molar-refractivity contribution is 8.18. The van der Waals surface area contributed by atoms with Gasteiger partial charge in [-0.1, -0.05) is 6.07 Å². The molecule has 3 heterocycles. The molecule has 0 atom stereocenters. The zero-order valence-corrected chi connectivity index (χ0v) is 13.1. The molecule has 0 unspecified atom stereocenters. The fourth-order valence-corrected chi connectivity index (χ4v) is 3.18. The van der Waals surface area contributed by atoms with Gasteiger partial charge in [-0.25, -0.2) is 0 Å². The number of nitrogens with one attached hydrogen (secondary N) is 1. The summed E-state index contributed by atoms with van der Waals surface area (Å²) >= 11 is 0.898. The average Bonchev–Trinajstić information content (AvgIpc) is 2.92. The second-order valence-corrected chi connectivity index (χ2v) is 6.11. The minimum Gasteiger partial charge on any atom is -0.282 e. The first-order chi connectivity index (χ1) is 11.7. The minimum absolute atomic E-state index is 0.353. The fraction of sp³-hybridized carbons (Fsp3) is 0. The molecule has 1 N–H and O–H groups in total.